The molecule has 3 aliphatic carbocycles. The fraction of sp³-hybridized carbons (Fsp3) is 0.489. The summed E-state index contributed by atoms with van der Waals surface area (Å²) < 4.78 is 66.4. The Balaban J connectivity index is 1.06. The Hall–Kier alpha value is -5.71. The fourth-order valence-electron chi connectivity index (χ4n) is 9.03. The van der Waals surface area contributed by atoms with E-state index in [4.69, 9.17) is 23.6 Å². The average Bonchev–Trinajstić information content (AvgIpc) is 4.07. The number of methoxy groups -OCH3 is 1. The minimum absolute atomic E-state index is 0.0286. The number of benzene rings is 2. The highest BCUT2D eigenvalue weighted by Crippen LogP contribution is 2.46. The van der Waals surface area contributed by atoms with Crippen LogP contribution in [-0.2, 0) is 29.1 Å². The van der Waals surface area contributed by atoms with Crippen LogP contribution in [0.4, 0.5) is 9.18 Å². The van der Waals surface area contributed by atoms with Crippen molar-refractivity contribution in [1.29, 1.82) is 0 Å². The molecule has 0 unspecified atom stereocenters. The molecule has 3 saturated carbocycles. The summed E-state index contributed by atoms with van der Waals surface area (Å²) in [7, 11) is -2.39. The van der Waals surface area contributed by atoms with Gasteiger partial charge in [-0.25, -0.2) is 22.6 Å². The third-order valence-electron chi connectivity index (χ3n) is 12.7. The van der Waals surface area contributed by atoms with Crippen molar-refractivity contribution in [3.05, 3.63) is 66.5 Å². The van der Waals surface area contributed by atoms with Crippen molar-refractivity contribution < 1.29 is 50.6 Å². The maximum atomic E-state index is 14.8. The summed E-state index contributed by atoms with van der Waals surface area (Å²) in [5, 5.41) is 5.69. The van der Waals surface area contributed by atoms with E-state index in [9.17, 15) is 32.0 Å². The van der Waals surface area contributed by atoms with Crippen molar-refractivity contribution in [2.45, 2.75) is 119 Å². The third-order valence-corrected chi connectivity index (χ3v) is 14.6. The largest absolute Gasteiger partial charge is 0.497 e. The summed E-state index contributed by atoms with van der Waals surface area (Å²) in [4.78, 5) is 62.9. The first-order valence-electron chi connectivity index (χ1n) is 21.6. The Labute approximate surface area is 358 Å². The number of carbonyl (C=O) groups excluding carboxylic acids is 4. The number of alkyl carbamates (subject to hydrolysis) is 1. The minimum Gasteiger partial charge on any atom is -0.497 e. The number of hydrogen-bond donors (Lipinski definition) is 3. The van der Waals surface area contributed by atoms with Gasteiger partial charge in [0.05, 0.1) is 30.0 Å². The number of allylic oxidation sites excluding steroid dienone is 1. The first-order valence-corrected chi connectivity index (χ1v) is 23.1. The summed E-state index contributed by atoms with van der Waals surface area (Å²) >= 11 is 0. The molecule has 15 nitrogen and oxygen atoms in total. The molecule has 0 spiro atoms. The van der Waals surface area contributed by atoms with E-state index in [1.165, 1.54) is 17.0 Å². The molecular weight excluding hydrogens is 822 g/mol. The van der Waals surface area contributed by atoms with Gasteiger partial charge in [0.25, 0.3) is 5.91 Å². The van der Waals surface area contributed by atoms with Crippen LogP contribution >= 0.6 is 0 Å². The van der Waals surface area contributed by atoms with E-state index in [-0.39, 0.29) is 31.2 Å². The number of nitrogens with one attached hydrogen (secondary N) is 3. The summed E-state index contributed by atoms with van der Waals surface area (Å²) in [5.41, 5.74) is 0.747. The molecule has 3 N–H and O–H groups in total. The quantitative estimate of drug-likeness (QED) is 0.163. The second-order valence-electron chi connectivity index (χ2n) is 17.2. The van der Waals surface area contributed by atoms with Crippen LogP contribution in [0.5, 0.6) is 11.5 Å². The van der Waals surface area contributed by atoms with Gasteiger partial charge in [-0.15, -0.1) is 0 Å². The van der Waals surface area contributed by atoms with E-state index in [0.29, 0.717) is 71.2 Å². The number of sulfonamides is 1. The van der Waals surface area contributed by atoms with Crippen LogP contribution in [0, 0.1) is 11.7 Å². The maximum Gasteiger partial charge on any atom is 0.408 e. The van der Waals surface area contributed by atoms with Gasteiger partial charge in [0.2, 0.25) is 21.8 Å². The maximum absolute atomic E-state index is 14.8. The fourth-order valence-corrected chi connectivity index (χ4v) is 10.4. The molecule has 9 rings (SSSR count). The number of furan rings is 1. The highest BCUT2D eigenvalue weighted by molar-refractivity contribution is 7.91. The van der Waals surface area contributed by atoms with Crippen LogP contribution in [0.3, 0.4) is 0 Å². The molecule has 5 atom stereocenters. The molecule has 2 aromatic carbocycles. The van der Waals surface area contributed by atoms with Crippen molar-refractivity contribution in [3.63, 3.8) is 0 Å². The highest BCUT2D eigenvalue weighted by Gasteiger charge is 2.62. The molecule has 5 aliphatic rings. The number of carbonyl (C=O) groups is 4. The Morgan fingerprint density at radius 2 is 1.74 bits per heavy atom. The molecule has 0 bridgehead atoms. The number of ether oxygens (including phenoxy) is 3. The molecule has 2 aliphatic heterocycles. The lowest BCUT2D eigenvalue weighted by Gasteiger charge is -2.30. The van der Waals surface area contributed by atoms with E-state index in [1.807, 2.05) is 12.2 Å². The smallest absolute Gasteiger partial charge is 0.408 e. The Morgan fingerprint density at radius 3 is 2.50 bits per heavy atom. The number of hydrogen-bond acceptors (Lipinski definition) is 11. The molecule has 4 amide bonds. The number of rotatable bonds is 9. The molecule has 328 valence electrons. The number of nitrogens with zero attached hydrogens (tertiary/aromatic N) is 2. The topological polar surface area (TPSA) is 195 Å². The summed E-state index contributed by atoms with van der Waals surface area (Å²) in [5.74, 6) is -2.05. The molecule has 2 aromatic heterocycles. The predicted molar refractivity (Wildman–Crippen MR) is 225 cm³/mol. The average molecular weight is 872 g/mol. The van der Waals surface area contributed by atoms with E-state index in [2.05, 4.69) is 15.4 Å². The first kappa shape index (κ1) is 41.6. The Morgan fingerprint density at radius 1 is 0.968 bits per heavy atom. The van der Waals surface area contributed by atoms with Crippen molar-refractivity contribution in [2.75, 3.05) is 13.7 Å². The lowest BCUT2D eigenvalue weighted by molar-refractivity contribution is -0.141. The molecule has 4 fully saturated rings. The highest BCUT2D eigenvalue weighted by atomic mass is 32.2. The van der Waals surface area contributed by atoms with Crippen LogP contribution in [-0.4, -0.2) is 90.9 Å². The van der Waals surface area contributed by atoms with Crippen molar-refractivity contribution in [1.82, 2.24) is 25.2 Å². The second-order valence-corrected chi connectivity index (χ2v) is 19.1. The van der Waals surface area contributed by atoms with Crippen molar-refractivity contribution in [2.24, 2.45) is 5.92 Å². The van der Waals surface area contributed by atoms with Crippen LogP contribution in [0.25, 0.3) is 33.3 Å². The zero-order valence-corrected chi connectivity index (χ0v) is 35.2. The van der Waals surface area contributed by atoms with Gasteiger partial charge in [-0.05, 0) is 107 Å². The van der Waals surface area contributed by atoms with Gasteiger partial charge in [-0.1, -0.05) is 25.0 Å². The first-order chi connectivity index (χ1) is 29.9. The molecular formula is C45H50FN5O10S. The zero-order chi connectivity index (χ0) is 43.2. The van der Waals surface area contributed by atoms with E-state index in [1.54, 1.807) is 43.5 Å². The molecule has 17 heteroatoms. The number of aromatic nitrogens is 1. The summed E-state index contributed by atoms with van der Waals surface area (Å²) in [6, 6.07) is 10.6. The van der Waals surface area contributed by atoms with Crippen molar-refractivity contribution in [3.8, 4) is 22.8 Å². The second kappa shape index (κ2) is 16.9. The third kappa shape index (κ3) is 8.55. The predicted octanol–water partition coefficient (Wildman–Crippen LogP) is 6.19. The number of pyridine rings is 1. The van der Waals surface area contributed by atoms with Gasteiger partial charge < -0.3 is 34.2 Å². The number of fused-ring (bicyclic) bond motifs is 5. The lowest BCUT2D eigenvalue weighted by atomic mass is 10.0. The van der Waals surface area contributed by atoms with Crippen LogP contribution in [0.2, 0.25) is 0 Å². The monoisotopic (exact) mass is 871 g/mol. The summed E-state index contributed by atoms with van der Waals surface area (Å²) in [6.07, 6.45) is 9.57. The van der Waals surface area contributed by atoms with Crippen LogP contribution in [0.1, 0.15) is 83.5 Å². The van der Waals surface area contributed by atoms with Gasteiger partial charge in [-0.2, -0.15) is 0 Å². The molecule has 4 aromatic rings. The molecule has 4 heterocycles. The van der Waals surface area contributed by atoms with Gasteiger partial charge in [-0.3, -0.25) is 19.1 Å². The number of amides is 4. The van der Waals surface area contributed by atoms with Gasteiger partial charge in [0.1, 0.15) is 52.5 Å². The van der Waals surface area contributed by atoms with Crippen LogP contribution in [0.15, 0.2) is 65.1 Å². The molecule has 1 saturated heterocycles. The minimum atomic E-state index is -3.94. The van der Waals surface area contributed by atoms with E-state index >= 15 is 0 Å². The molecule has 62 heavy (non-hydrogen) atoms. The molecule has 0 radical (unpaired) electrons. The SMILES string of the molecule is COc1ccc2oc3c(O[C@@H]4C[C@H]5C(=O)N[C@]6(C(=O)NS(=O)(=O)C7CC7)C[C@H]6/C=C\CCCCC[C@H](NC(=O)OC6CCCC6)C(=O)N5C4)cc(-c4ccc(F)cc4)nc3c2c1. The summed E-state index contributed by atoms with van der Waals surface area (Å²) in [6.45, 7) is -0.0882. The van der Waals surface area contributed by atoms with Gasteiger partial charge in [0.15, 0.2) is 11.3 Å². The van der Waals surface area contributed by atoms with Crippen molar-refractivity contribution >= 4 is 55.9 Å². The Bertz CT molecular complexity index is 2540. The Kier molecular flexibility index (Phi) is 11.3. The van der Waals surface area contributed by atoms with Gasteiger partial charge in [0, 0.05) is 24.0 Å². The number of halogens is 1. The standard InChI is InChI=1S/C45H50FN5O10S/c1-58-30-17-20-37-33(21-30)39-40(61-37)38(23-35(47-39)26-13-15-28(46)16-14-26)59-31-22-36-41(52)49-45(43(54)50-62(56,57)32-18-19-32)24-27(45)9-5-3-2-4-6-12-34(42(53)51(36)25-31)48-44(55)60-29-10-7-8-11-29/h5,9,13-17,20-21,23,27,29,31-32,34,36H,2-4,6-8,10-12,18-19,22,24-25H2,1H3,(H,48,55)(H,49,52)(H,50,54)/b9-5-/t27-,31-,34+,36+,45-/m1/s1. The van der Waals surface area contributed by atoms with E-state index < -0.39 is 74.5 Å². The lowest BCUT2D eigenvalue weighted by Crippen LogP contribution is -2.58. The zero-order valence-electron chi connectivity index (χ0n) is 34.4. The van der Waals surface area contributed by atoms with Gasteiger partial charge >= 0.3 is 6.09 Å². The van der Waals surface area contributed by atoms with Crippen LogP contribution < -0.4 is 24.8 Å². The normalized spacial score (nSPS) is 26.5. The van der Waals surface area contributed by atoms with E-state index in [0.717, 1.165) is 38.5 Å².